The molecule has 0 N–H and O–H groups in total. The van der Waals surface area contributed by atoms with E-state index in [0.717, 1.165) is 11.1 Å². The minimum absolute atomic E-state index is 0.122. The number of carbonyl (C=O) groups is 2. The maximum absolute atomic E-state index is 13.1. The molecule has 1 amide bonds. The number of ether oxygens (including phenoxy) is 2. The Kier molecular flexibility index (Phi) is 4.56. The first-order valence-electron chi connectivity index (χ1n) is 9.04. The number of amides is 1. The molecule has 0 radical (unpaired) electrons. The zero-order valence-electron chi connectivity index (χ0n) is 14.9. The third-order valence-corrected chi connectivity index (χ3v) is 5.12. The van der Waals surface area contributed by atoms with Crippen molar-refractivity contribution < 1.29 is 23.5 Å². The number of hydrogen-bond acceptors (Lipinski definition) is 4. The van der Waals surface area contributed by atoms with E-state index in [-0.39, 0.29) is 43.3 Å². The number of para-hydroxylation sites is 1. The topological polar surface area (TPSA) is 55.8 Å². The standard InChI is InChI=1S/C21H20FNO4/c1-2-26-21(25)16-12-23(18(24)11-13-7-9-14(22)10-8-13)19-15-5-3-4-6-17(15)27-20(16)19/h3-10,16,19-20H,2,11-12H2,1H3/t16-,19+,20+/m1/s1. The smallest absolute Gasteiger partial charge is 0.314 e. The third-order valence-electron chi connectivity index (χ3n) is 5.12. The van der Waals surface area contributed by atoms with Crippen molar-refractivity contribution in [1.29, 1.82) is 0 Å². The molecule has 140 valence electrons. The number of halogens is 1. The summed E-state index contributed by atoms with van der Waals surface area (Å²) in [5, 5.41) is 0. The predicted molar refractivity (Wildman–Crippen MR) is 95.5 cm³/mol. The van der Waals surface area contributed by atoms with Gasteiger partial charge in [-0.1, -0.05) is 30.3 Å². The van der Waals surface area contributed by atoms with Crippen LogP contribution in [0.1, 0.15) is 24.1 Å². The Hall–Kier alpha value is -2.89. The molecular weight excluding hydrogens is 349 g/mol. The first kappa shape index (κ1) is 17.5. The Labute approximate surface area is 156 Å². The fourth-order valence-electron chi connectivity index (χ4n) is 3.89. The summed E-state index contributed by atoms with van der Waals surface area (Å²) < 4.78 is 24.3. The predicted octanol–water partition coefficient (Wildman–Crippen LogP) is 2.89. The molecule has 2 aliphatic rings. The molecule has 2 aliphatic heterocycles. The lowest BCUT2D eigenvalue weighted by atomic mass is 9.98. The van der Waals surface area contributed by atoms with Crippen LogP contribution in [0.2, 0.25) is 0 Å². The van der Waals surface area contributed by atoms with Gasteiger partial charge >= 0.3 is 5.97 Å². The lowest BCUT2D eigenvalue weighted by Gasteiger charge is -2.23. The molecule has 1 fully saturated rings. The van der Waals surface area contributed by atoms with Crippen molar-refractivity contribution in [2.75, 3.05) is 13.2 Å². The van der Waals surface area contributed by atoms with Gasteiger partial charge in [-0.3, -0.25) is 9.59 Å². The SMILES string of the molecule is CCOC(=O)[C@@H]1CN(C(=O)Cc2ccc(F)cc2)[C@H]2c3ccccc3O[C@@H]12. The molecule has 0 saturated carbocycles. The number of benzene rings is 2. The Balaban J connectivity index is 1.61. The van der Waals surface area contributed by atoms with Gasteiger partial charge in [0.25, 0.3) is 0 Å². The van der Waals surface area contributed by atoms with Crippen molar-refractivity contribution in [2.45, 2.75) is 25.5 Å². The van der Waals surface area contributed by atoms with E-state index in [1.165, 1.54) is 12.1 Å². The second-order valence-electron chi connectivity index (χ2n) is 6.77. The zero-order chi connectivity index (χ0) is 19.0. The van der Waals surface area contributed by atoms with Crippen molar-refractivity contribution >= 4 is 11.9 Å². The zero-order valence-corrected chi connectivity index (χ0v) is 14.9. The molecule has 0 aliphatic carbocycles. The van der Waals surface area contributed by atoms with E-state index in [9.17, 15) is 14.0 Å². The van der Waals surface area contributed by atoms with Crippen LogP contribution in [0.15, 0.2) is 48.5 Å². The van der Waals surface area contributed by atoms with Gasteiger partial charge in [0.2, 0.25) is 5.91 Å². The van der Waals surface area contributed by atoms with Crippen LogP contribution in [0, 0.1) is 11.7 Å². The van der Waals surface area contributed by atoms with E-state index < -0.39 is 12.0 Å². The van der Waals surface area contributed by atoms with Crippen molar-refractivity contribution in [3.8, 4) is 5.75 Å². The van der Waals surface area contributed by atoms with Gasteiger partial charge in [0.05, 0.1) is 19.1 Å². The number of rotatable bonds is 4. The number of hydrogen-bond donors (Lipinski definition) is 0. The van der Waals surface area contributed by atoms with Crippen LogP contribution in [-0.2, 0) is 20.7 Å². The highest BCUT2D eigenvalue weighted by Gasteiger charge is 2.53. The normalized spacial score (nSPS) is 22.7. The minimum Gasteiger partial charge on any atom is -0.487 e. The van der Waals surface area contributed by atoms with Crippen LogP contribution in [-0.4, -0.2) is 36.0 Å². The molecule has 6 heteroatoms. The summed E-state index contributed by atoms with van der Waals surface area (Å²) in [6.45, 7) is 2.29. The maximum atomic E-state index is 13.1. The monoisotopic (exact) mass is 369 g/mol. The maximum Gasteiger partial charge on any atom is 0.314 e. The average Bonchev–Trinajstić information content (AvgIpc) is 3.21. The van der Waals surface area contributed by atoms with E-state index >= 15 is 0 Å². The van der Waals surface area contributed by atoms with Crippen molar-refractivity contribution in [3.63, 3.8) is 0 Å². The number of nitrogens with zero attached hydrogens (tertiary/aromatic N) is 1. The molecule has 3 atom stereocenters. The summed E-state index contributed by atoms with van der Waals surface area (Å²) in [4.78, 5) is 27.1. The number of esters is 1. The number of likely N-dealkylation sites (tertiary alicyclic amines) is 1. The highest BCUT2D eigenvalue weighted by atomic mass is 19.1. The molecule has 2 aromatic carbocycles. The molecule has 0 unspecified atom stereocenters. The van der Waals surface area contributed by atoms with Gasteiger partial charge in [-0.25, -0.2) is 4.39 Å². The molecule has 27 heavy (non-hydrogen) atoms. The van der Waals surface area contributed by atoms with E-state index in [1.807, 2.05) is 24.3 Å². The molecule has 1 saturated heterocycles. The summed E-state index contributed by atoms with van der Waals surface area (Å²) in [6, 6.07) is 13.1. The first-order valence-corrected chi connectivity index (χ1v) is 9.04. The van der Waals surface area contributed by atoms with Gasteiger partial charge in [-0.15, -0.1) is 0 Å². The van der Waals surface area contributed by atoms with Crippen molar-refractivity contribution in [2.24, 2.45) is 5.92 Å². The second kappa shape index (κ2) is 7.02. The van der Waals surface area contributed by atoms with E-state index in [1.54, 1.807) is 24.0 Å². The van der Waals surface area contributed by atoms with Crippen LogP contribution < -0.4 is 4.74 Å². The van der Waals surface area contributed by atoms with Crippen LogP contribution in [0.4, 0.5) is 4.39 Å². The molecular formula is C21H20FNO4. The fourth-order valence-corrected chi connectivity index (χ4v) is 3.89. The summed E-state index contributed by atoms with van der Waals surface area (Å²) >= 11 is 0. The Morgan fingerprint density at radius 1 is 1.19 bits per heavy atom. The highest BCUT2D eigenvalue weighted by molar-refractivity contribution is 5.83. The average molecular weight is 369 g/mol. The molecule has 0 bridgehead atoms. The summed E-state index contributed by atoms with van der Waals surface area (Å²) in [7, 11) is 0. The number of fused-ring (bicyclic) bond motifs is 3. The molecule has 2 heterocycles. The molecule has 5 nitrogen and oxygen atoms in total. The van der Waals surface area contributed by atoms with Crippen molar-refractivity contribution in [3.05, 3.63) is 65.5 Å². The van der Waals surface area contributed by atoms with Gasteiger partial charge in [0.1, 0.15) is 23.6 Å². The van der Waals surface area contributed by atoms with Gasteiger partial charge in [-0.2, -0.15) is 0 Å². The van der Waals surface area contributed by atoms with E-state index in [4.69, 9.17) is 9.47 Å². The molecule has 2 aromatic rings. The van der Waals surface area contributed by atoms with Crippen LogP contribution in [0.5, 0.6) is 5.75 Å². The number of carbonyl (C=O) groups excluding carboxylic acids is 2. The molecule has 0 spiro atoms. The van der Waals surface area contributed by atoms with E-state index in [0.29, 0.717) is 5.75 Å². The Morgan fingerprint density at radius 3 is 2.67 bits per heavy atom. The Bertz CT molecular complexity index is 867. The second-order valence-corrected chi connectivity index (χ2v) is 6.77. The molecule has 0 aromatic heterocycles. The van der Waals surface area contributed by atoms with E-state index in [2.05, 4.69) is 0 Å². The Morgan fingerprint density at radius 2 is 1.93 bits per heavy atom. The minimum atomic E-state index is -0.528. The van der Waals surface area contributed by atoms with Crippen LogP contribution >= 0.6 is 0 Å². The lowest BCUT2D eigenvalue weighted by Crippen LogP contribution is -2.33. The van der Waals surface area contributed by atoms with Gasteiger partial charge in [0, 0.05) is 12.1 Å². The summed E-state index contributed by atoms with van der Waals surface area (Å²) in [6.07, 6.45) is -0.306. The van der Waals surface area contributed by atoms with Crippen LogP contribution in [0.3, 0.4) is 0 Å². The first-order chi connectivity index (χ1) is 13.1. The molecule has 4 rings (SSSR count). The largest absolute Gasteiger partial charge is 0.487 e. The lowest BCUT2D eigenvalue weighted by molar-refractivity contribution is -0.149. The van der Waals surface area contributed by atoms with Crippen molar-refractivity contribution in [1.82, 2.24) is 4.90 Å². The van der Waals surface area contributed by atoms with Gasteiger partial charge in [0.15, 0.2) is 0 Å². The van der Waals surface area contributed by atoms with Gasteiger partial charge < -0.3 is 14.4 Å². The van der Waals surface area contributed by atoms with Crippen LogP contribution in [0.25, 0.3) is 0 Å². The summed E-state index contributed by atoms with van der Waals surface area (Å²) in [5.41, 5.74) is 1.63. The van der Waals surface area contributed by atoms with Gasteiger partial charge in [-0.05, 0) is 30.7 Å². The summed E-state index contributed by atoms with van der Waals surface area (Å²) in [5.74, 6) is -0.644. The fraction of sp³-hybridized carbons (Fsp3) is 0.333. The quantitative estimate of drug-likeness (QED) is 0.778. The third kappa shape index (κ3) is 3.16. The highest BCUT2D eigenvalue weighted by Crippen LogP contribution is 2.47.